The van der Waals surface area contributed by atoms with Crippen molar-refractivity contribution in [2.45, 2.75) is 25.3 Å². The molecule has 0 saturated carbocycles. The van der Waals surface area contributed by atoms with Gasteiger partial charge in [0.05, 0.1) is 12.1 Å². The molecule has 1 aliphatic rings. The zero-order valence-corrected chi connectivity index (χ0v) is 22.0. The highest BCUT2D eigenvalue weighted by Crippen LogP contribution is 2.25. The van der Waals surface area contributed by atoms with Gasteiger partial charge in [-0.1, -0.05) is 12.1 Å². The minimum atomic E-state index is -0.929. The number of piperidine rings is 1. The van der Waals surface area contributed by atoms with E-state index in [0.29, 0.717) is 24.7 Å². The number of hydrogen-bond acceptors (Lipinski definition) is 7. The van der Waals surface area contributed by atoms with Crippen molar-refractivity contribution in [3.05, 3.63) is 72.1 Å². The highest BCUT2D eigenvalue weighted by Gasteiger charge is 2.24. The lowest BCUT2D eigenvalue weighted by atomic mass is 10.0. The second-order valence-corrected chi connectivity index (χ2v) is 9.40. The predicted octanol–water partition coefficient (Wildman–Crippen LogP) is 4.00. The van der Waals surface area contributed by atoms with Gasteiger partial charge in [-0.25, -0.2) is 28.3 Å². The number of ether oxygens (including phenoxy) is 1. The Morgan fingerprint density at radius 2 is 1.73 bits per heavy atom. The van der Waals surface area contributed by atoms with E-state index >= 15 is 0 Å². The first kappa shape index (κ1) is 28.4. The van der Waals surface area contributed by atoms with E-state index in [4.69, 9.17) is 4.74 Å². The molecule has 11 nitrogen and oxygen atoms in total. The molecule has 3 aromatic rings. The van der Waals surface area contributed by atoms with Crippen molar-refractivity contribution in [1.82, 2.24) is 25.1 Å². The molecule has 210 valence electrons. The zero-order valence-electron chi connectivity index (χ0n) is 22.0. The maximum Gasteiger partial charge on any atom is 0.325 e. The summed E-state index contributed by atoms with van der Waals surface area (Å²) in [6, 6.07) is 9.59. The molecule has 0 atom stereocenters. The third kappa shape index (κ3) is 7.93. The van der Waals surface area contributed by atoms with Gasteiger partial charge in [-0.3, -0.25) is 15.4 Å². The standard InChI is InChI=1S/C27H29F2N7O4/c1-35(2)19-9-11-36(12-10-19)27(39)33-23-15-25(31-16-30-23)40-20-7-8-22(21(29)14-20)32-26(38)34-24(37)13-17-3-5-18(28)6-4-17/h3-8,14-16,19H,9-13H2,1-2H3,(H,30,31,33,39)(H2,32,34,37,38). The van der Waals surface area contributed by atoms with Crippen LogP contribution in [0.2, 0.25) is 0 Å². The van der Waals surface area contributed by atoms with E-state index in [0.717, 1.165) is 18.9 Å². The maximum atomic E-state index is 14.6. The van der Waals surface area contributed by atoms with Crippen LogP contribution in [0.3, 0.4) is 0 Å². The summed E-state index contributed by atoms with van der Waals surface area (Å²) in [6.45, 7) is 1.26. The highest BCUT2D eigenvalue weighted by atomic mass is 19.1. The van der Waals surface area contributed by atoms with E-state index in [-0.39, 0.29) is 35.6 Å². The average Bonchev–Trinajstić information content (AvgIpc) is 2.91. The Hall–Kier alpha value is -4.65. The summed E-state index contributed by atoms with van der Waals surface area (Å²) in [7, 11) is 4.05. The fraction of sp³-hybridized carbons (Fsp3) is 0.296. The number of aromatic nitrogens is 2. The number of nitrogens with one attached hydrogen (secondary N) is 3. The number of urea groups is 2. The molecule has 2 heterocycles. The molecule has 13 heteroatoms. The fourth-order valence-electron chi connectivity index (χ4n) is 4.13. The number of carbonyl (C=O) groups excluding carboxylic acids is 3. The third-order valence-corrected chi connectivity index (χ3v) is 6.30. The summed E-state index contributed by atoms with van der Waals surface area (Å²) in [5.74, 6) is -1.52. The van der Waals surface area contributed by atoms with Crippen molar-refractivity contribution < 1.29 is 27.9 Å². The van der Waals surface area contributed by atoms with Crippen LogP contribution in [0.5, 0.6) is 11.6 Å². The molecule has 1 saturated heterocycles. The Bertz CT molecular complexity index is 1360. The maximum absolute atomic E-state index is 14.6. The van der Waals surface area contributed by atoms with Gasteiger partial charge in [0.1, 0.15) is 29.5 Å². The van der Waals surface area contributed by atoms with Crippen LogP contribution in [0.25, 0.3) is 0 Å². The molecule has 40 heavy (non-hydrogen) atoms. The number of rotatable bonds is 7. The molecule has 1 fully saturated rings. The van der Waals surface area contributed by atoms with Crippen molar-refractivity contribution in [2.75, 3.05) is 37.8 Å². The first-order chi connectivity index (χ1) is 19.2. The van der Waals surface area contributed by atoms with E-state index in [9.17, 15) is 23.2 Å². The van der Waals surface area contributed by atoms with Crippen LogP contribution in [0.15, 0.2) is 54.9 Å². The highest BCUT2D eigenvalue weighted by molar-refractivity contribution is 6.01. The van der Waals surface area contributed by atoms with Crippen molar-refractivity contribution >= 4 is 29.5 Å². The minimum absolute atomic E-state index is 0.0702. The lowest BCUT2D eigenvalue weighted by molar-refractivity contribution is -0.119. The Balaban J connectivity index is 1.29. The smallest absolute Gasteiger partial charge is 0.325 e. The van der Waals surface area contributed by atoms with Gasteiger partial charge in [-0.05, 0) is 56.8 Å². The summed E-state index contributed by atoms with van der Waals surface area (Å²) in [4.78, 5) is 48.7. The van der Waals surface area contributed by atoms with E-state index in [2.05, 4.69) is 30.8 Å². The number of benzene rings is 2. The molecule has 2 aromatic carbocycles. The van der Waals surface area contributed by atoms with Crippen molar-refractivity contribution in [3.8, 4) is 11.6 Å². The van der Waals surface area contributed by atoms with E-state index < -0.39 is 23.6 Å². The summed E-state index contributed by atoms with van der Waals surface area (Å²) >= 11 is 0. The summed E-state index contributed by atoms with van der Waals surface area (Å²) in [5, 5.41) is 7.07. The predicted molar refractivity (Wildman–Crippen MR) is 143 cm³/mol. The van der Waals surface area contributed by atoms with Gasteiger partial charge in [0.25, 0.3) is 0 Å². The van der Waals surface area contributed by atoms with E-state index in [1.165, 1.54) is 48.8 Å². The molecule has 0 spiro atoms. The molecule has 3 N–H and O–H groups in total. The minimum Gasteiger partial charge on any atom is -0.439 e. The molecular formula is C27H29F2N7O4. The molecule has 4 rings (SSSR count). The lowest BCUT2D eigenvalue weighted by Gasteiger charge is -2.35. The summed E-state index contributed by atoms with van der Waals surface area (Å²) < 4.78 is 33.2. The molecule has 5 amide bonds. The zero-order chi connectivity index (χ0) is 28.6. The molecule has 0 bridgehead atoms. The van der Waals surface area contributed by atoms with Gasteiger partial charge in [-0.15, -0.1) is 0 Å². The SMILES string of the molecule is CN(C)C1CCN(C(=O)Nc2cc(Oc3ccc(NC(=O)NC(=O)Cc4ccc(F)cc4)c(F)c3)ncn2)CC1. The van der Waals surface area contributed by atoms with Crippen LogP contribution in [-0.4, -0.2) is 71.0 Å². The molecule has 1 aromatic heterocycles. The lowest BCUT2D eigenvalue weighted by Crippen LogP contribution is -2.46. The third-order valence-electron chi connectivity index (χ3n) is 6.30. The number of halogens is 2. The van der Waals surface area contributed by atoms with Crippen LogP contribution in [0, 0.1) is 11.6 Å². The Kier molecular flexibility index (Phi) is 9.17. The number of nitrogens with zero attached hydrogens (tertiary/aromatic N) is 4. The van der Waals surface area contributed by atoms with Crippen molar-refractivity contribution in [2.24, 2.45) is 0 Å². The molecule has 1 aliphatic heterocycles. The van der Waals surface area contributed by atoms with Crippen LogP contribution < -0.4 is 20.7 Å². The quantitative estimate of drug-likeness (QED) is 0.404. The Morgan fingerprint density at radius 3 is 2.40 bits per heavy atom. The van der Waals surface area contributed by atoms with Gasteiger partial charge in [0.15, 0.2) is 0 Å². The number of amides is 5. The molecule has 0 aliphatic carbocycles. The average molecular weight is 554 g/mol. The number of hydrogen-bond donors (Lipinski definition) is 3. The van der Waals surface area contributed by atoms with Crippen LogP contribution >= 0.6 is 0 Å². The van der Waals surface area contributed by atoms with E-state index in [1.54, 1.807) is 4.90 Å². The Morgan fingerprint density at radius 1 is 1.00 bits per heavy atom. The van der Waals surface area contributed by atoms with Crippen molar-refractivity contribution in [3.63, 3.8) is 0 Å². The van der Waals surface area contributed by atoms with Gasteiger partial charge in [-0.2, -0.15) is 0 Å². The molecule has 0 unspecified atom stereocenters. The molecule has 0 radical (unpaired) electrons. The summed E-state index contributed by atoms with van der Waals surface area (Å²) in [6.07, 6.45) is 2.81. The topological polar surface area (TPSA) is 129 Å². The van der Waals surface area contributed by atoms with E-state index in [1.807, 2.05) is 14.1 Å². The Labute approximate surface area is 229 Å². The van der Waals surface area contributed by atoms with Gasteiger partial charge in [0.2, 0.25) is 11.8 Å². The van der Waals surface area contributed by atoms with Gasteiger partial charge < -0.3 is 19.9 Å². The number of likely N-dealkylation sites (tertiary alicyclic amines) is 1. The second-order valence-electron chi connectivity index (χ2n) is 9.40. The number of imide groups is 1. The fourth-order valence-corrected chi connectivity index (χ4v) is 4.13. The normalized spacial score (nSPS) is 13.6. The van der Waals surface area contributed by atoms with Crippen molar-refractivity contribution in [1.29, 1.82) is 0 Å². The van der Waals surface area contributed by atoms with Gasteiger partial charge in [0, 0.05) is 31.3 Å². The van der Waals surface area contributed by atoms with Gasteiger partial charge >= 0.3 is 12.1 Å². The summed E-state index contributed by atoms with van der Waals surface area (Å²) in [5.41, 5.74) is 0.324. The second kappa shape index (κ2) is 12.9. The number of anilines is 2. The first-order valence-electron chi connectivity index (χ1n) is 12.5. The van der Waals surface area contributed by atoms with Crippen LogP contribution in [0.4, 0.5) is 29.9 Å². The largest absolute Gasteiger partial charge is 0.439 e. The van der Waals surface area contributed by atoms with Crippen LogP contribution in [-0.2, 0) is 11.2 Å². The van der Waals surface area contributed by atoms with Crippen LogP contribution in [0.1, 0.15) is 18.4 Å². The first-order valence-corrected chi connectivity index (χ1v) is 12.5. The monoisotopic (exact) mass is 553 g/mol. The number of carbonyl (C=O) groups is 3. The molecular weight excluding hydrogens is 524 g/mol.